The van der Waals surface area contributed by atoms with Crippen LogP contribution in [0.1, 0.15) is 36.7 Å². The molecule has 0 saturated heterocycles. The Morgan fingerprint density at radius 3 is 2.85 bits per heavy atom. The minimum Gasteiger partial charge on any atom is -0.306 e. The minimum atomic E-state index is -0.235. The second-order valence-electron chi connectivity index (χ2n) is 4.90. The third-order valence-electron chi connectivity index (χ3n) is 3.37. The quantitative estimate of drug-likeness (QED) is 0.899. The Kier molecular flexibility index (Phi) is 4.94. The SMILES string of the molecule is CCc1nn(C)cc1CNC(C)c1ccc(F)c(Br)c1. The van der Waals surface area contributed by atoms with Gasteiger partial charge in [-0.15, -0.1) is 0 Å². The van der Waals surface area contributed by atoms with Crippen molar-refractivity contribution in [2.24, 2.45) is 7.05 Å². The Hall–Kier alpha value is -1.20. The molecule has 0 aliphatic heterocycles. The predicted molar refractivity (Wildman–Crippen MR) is 81.9 cm³/mol. The third-order valence-corrected chi connectivity index (χ3v) is 3.98. The first-order valence-corrected chi connectivity index (χ1v) is 7.50. The molecule has 0 fully saturated rings. The maximum absolute atomic E-state index is 13.2. The van der Waals surface area contributed by atoms with Gasteiger partial charge in [0.05, 0.1) is 10.2 Å². The van der Waals surface area contributed by atoms with E-state index in [4.69, 9.17) is 0 Å². The normalized spacial score (nSPS) is 12.7. The van der Waals surface area contributed by atoms with E-state index in [9.17, 15) is 4.39 Å². The number of hydrogen-bond acceptors (Lipinski definition) is 2. The van der Waals surface area contributed by atoms with E-state index < -0.39 is 0 Å². The summed E-state index contributed by atoms with van der Waals surface area (Å²) in [7, 11) is 1.93. The van der Waals surface area contributed by atoms with Crippen LogP contribution in [0.5, 0.6) is 0 Å². The first kappa shape index (κ1) is 15.2. The zero-order valence-electron chi connectivity index (χ0n) is 12.0. The van der Waals surface area contributed by atoms with E-state index in [0.29, 0.717) is 4.47 Å². The Bertz CT molecular complexity index is 595. The molecule has 2 aromatic rings. The van der Waals surface area contributed by atoms with Crippen LogP contribution in [-0.2, 0) is 20.0 Å². The van der Waals surface area contributed by atoms with Gasteiger partial charge in [-0.25, -0.2) is 4.39 Å². The van der Waals surface area contributed by atoms with Gasteiger partial charge in [0.15, 0.2) is 0 Å². The fourth-order valence-electron chi connectivity index (χ4n) is 2.19. The van der Waals surface area contributed by atoms with Gasteiger partial charge < -0.3 is 5.32 Å². The Morgan fingerprint density at radius 1 is 1.45 bits per heavy atom. The summed E-state index contributed by atoms with van der Waals surface area (Å²) in [5, 5.41) is 7.88. The van der Waals surface area contributed by atoms with Gasteiger partial charge in [0.2, 0.25) is 0 Å². The van der Waals surface area contributed by atoms with Crippen LogP contribution in [0, 0.1) is 5.82 Å². The van der Waals surface area contributed by atoms with E-state index in [0.717, 1.165) is 24.2 Å². The van der Waals surface area contributed by atoms with Crippen LogP contribution < -0.4 is 5.32 Å². The molecular weight excluding hydrogens is 321 g/mol. The van der Waals surface area contributed by atoms with Crippen molar-refractivity contribution in [3.63, 3.8) is 0 Å². The summed E-state index contributed by atoms with van der Waals surface area (Å²) in [5.41, 5.74) is 3.38. The molecule has 1 aromatic carbocycles. The van der Waals surface area contributed by atoms with Crippen molar-refractivity contribution < 1.29 is 4.39 Å². The summed E-state index contributed by atoms with van der Waals surface area (Å²) < 4.78 is 15.6. The van der Waals surface area contributed by atoms with Crippen LogP contribution >= 0.6 is 15.9 Å². The Balaban J connectivity index is 2.04. The Labute approximate surface area is 127 Å². The molecular formula is C15H19BrFN3. The summed E-state index contributed by atoms with van der Waals surface area (Å²) >= 11 is 3.22. The van der Waals surface area contributed by atoms with Gasteiger partial charge in [-0.3, -0.25) is 4.68 Å². The van der Waals surface area contributed by atoms with Gasteiger partial charge in [-0.05, 0) is 47.0 Å². The highest BCUT2D eigenvalue weighted by Crippen LogP contribution is 2.21. The smallest absolute Gasteiger partial charge is 0.137 e. The van der Waals surface area contributed by atoms with Crippen LogP contribution in [-0.4, -0.2) is 9.78 Å². The molecule has 0 aliphatic carbocycles. The first-order chi connectivity index (χ1) is 9.51. The van der Waals surface area contributed by atoms with Crippen molar-refractivity contribution in [1.29, 1.82) is 0 Å². The van der Waals surface area contributed by atoms with E-state index in [1.54, 1.807) is 0 Å². The van der Waals surface area contributed by atoms with Crippen molar-refractivity contribution in [2.75, 3.05) is 0 Å². The molecule has 1 unspecified atom stereocenters. The average Bonchev–Trinajstić information content (AvgIpc) is 2.79. The van der Waals surface area contributed by atoms with Crippen LogP contribution in [0.15, 0.2) is 28.9 Å². The van der Waals surface area contributed by atoms with E-state index in [1.165, 1.54) is 11.6 Å². The lowest BCUT2D eigenvalue weighted by molar-refractivity contribution is 0.568. The summed E-state index contributed by atoms with van der Waals surface area (Å²) in [4.78, 5) is 0. The van der Waals surface area contributed by atoms with Crippen molar-refractivity contribution in [2.45, 2.75) is 32.9 Å². The number of halogens is 2. The molecule has 1 heterocycles. The predicted octanol–water partition coefficient (Wildman–Crippen LogP) is 3.73. The monoisotopic (exact) mass is 339 g/mol. The summed E-state index contributed by atoms with van der Waals surface area (Å²) in [5.74, 6) is -0.235. The lowest BCUT2D eigenvalue weighted by atomic mass is 10.1. The van der Waals surface area contributed by atoms with Crippen molar-refractivity contribution in [3.8, 4) is 0 Å². The molecule has 20 heavy (non-hydrogen) atoms. The number of hydrogen-bond donors (Lipinski definition) is 1. The molecule has 5 heteroatoms. The molecule has 0 spiro atoms. The van der Waals surface area contributed by atoms with Crippen LogP contribution in [0.25, 0.3) is 0 Å². The highest BCUT2D eigenvalue weighted by atomic mass is 79.9. The van der Waals surface area contributed by atoms with E-state index in [1.807, 2.05) is 30.1 Å². The minimum absolute atomic E-state index is 0.150. The van der Waals surface area contributed by atoms with Crippen molar-refractivity contribution in [1.82, 2.24) is 15.1 Å². The van der Waals surface area contributed by atoms with Crippen molar-refractivity contribution in [3.05, 3.63) is 51.5 Å². The standard InChI is InChI=1S/C15H19BrFN3/c1-4-15-12(9-20(3)19-15)8-18-10(2)11-5-6-14(17)13(16)7-11/h5-7,9-10,18H,4,8H2,1-3H3. The highest BCUT2D eigenvalue weighted by Gasteiger charge is 2.10. The van der Waals surface area contributed by atoms with Gasteiger partial charge in [0.1, 0.15) is 5.82 Å². The second kappa shape index (κ2) is 6.50. The van der Waals surface area contributed by atoms with Crippen LogP contribution in [0.4, 0.5) is 4.39 Å². The highest BCUT2D eigenvalue weighted by molar-refractivity contribution is 9.10. The van der Waals surface area contributed by atoms with Gasteiger partial charge in [-0.1, -0.05) is 13.0 Å². The summed E-state index contributed by atoms with van der Waals surface area (Å²) in [6, 6.07) is 5.26. The number of nitrogens with one attached hydrogen (secondary N) is 1. The molecule has 3 nitrogen and oxygen atoms in total. The molecule has 0 aliphatic rings. The summed E-state index contributed by atoms with van der Waals surface area (Å²) in [6.45, 7) is 4.93. The molecule has 2 rings (SSSR count). The lowest BCUT2D eigenvalue weighted by Gasteiger charge is -2.14. The zero-order valence-corrected chi connectivity index (χ0v) is 13.5. The van der Waals surface area contributed by atoms with Crippen LogP contribution in [0.3, 0.4) is 0 Å². The van der Waals surface area contributed by atoms with E-state index in [-0.39, 0.29) is 11.9 Å². The number of nitrogens with zero attached hydrogens (tertiary/aromatic N) is 2. The first-order valence-electron chi connectivity index (χ1n) is 6.71. The zero-order chi connectivity index (χ0) is 14.7. The molecule has 1 N–H and O–H groups in total. The third kappa shape index (κ3) is 3.46. The maximum atomic E-state index is 13.2. The molecule has 1 atom stereocenters. The molecule has 0 radical (unpaired) electrons. The lowest BCUT2D eigenvalue weighted by Crippen LogP contribution is -2.18. The number of aromatic nitrogens is 2. The second-order valence-corrected chi connectivity index (χ2v) is 5.76. The molecule has 1 aromatic heterocycles. The van der Waals surface area contributed by atoms with Crippen molar-refractivity contribution >= 4 is 15.9 Å². The number of aryl methyl sites for hydroxylation is 2. The van der Waals surface area contributed by atoms with Gasteiger partial charge in [0, 0.05) is 31.4 Å². The summed E-state index contributed by atoms with van der Waals surface area (Å²) in [6.07, 6.45) is 2.97. The van der Waals surface area contributed by atoms with Crippen LogP contribution in [0.2, 0.25) is 0 Å². The number of benzene rings is 1. The van der Waals surface area contributed by atoms with Gasteiger partial charge in [-0.2, -0.15) is 5.10 Å². The number of rotatable bonds is 5. The topological polar surface area (TPSA) is 29.9 Å². The molecule has 0 amide bonds. The van der Waals surface area contributed by atoms with Gasteiger partial charge in [0.25, 0.3) is 0 Å². The molecule has 0 bridgehead atoms. The Morgan fingerprint density at radius 2 is 2.20 bits per heavy atom. The molecule has 0 saturated carbocycles. The average molecular weight is 340 g/mol. The van der Waals surface area contributed by atoms with E-state index in [2.05, 4.69) is 40.2 Å². The largest absolute Gasteiger partial charge is 0.306 e. The van der Waals surface area contributed by atoms with E-state index >= 15 is 0 Å². The maximum Gasteiger partial charge on any atom is 0.137 e. The fourth-order valence-corrected chi connectivity index (χ4v) is 2.59. The fraction of sp³-hybridized carbons (Fsp3) is 0.400. The molecule has 108 valence electrons. The van der Waals surface area contributed by atoms with Gasteiger partial charge >= 0.3 is 0 Å².